The first-order chi connectivity index (χ1) is 15.7. The van der Waals surface area contributed by atoms with Gasteiger partial charge in [0.15, 0.2) is 10.8 Å². The number of nitrogens with one attached hydrogen (secondary N) is 1. The van der Waals surface area contributed by atoms with Crippen molar-refractivity contribution >= 4 is 22.8 Å². The fraction of sp³-hybridized carbons (Fsp3) is 0.130. The van der Waals surface area contributed by atoms with Crippen LogP contribution < -0.4 is 10.3 Å². The summed E-state index contributed by atoms with van der Waals surface area (Å²) in [6.45, 7) is 0.415. The Balaban J connectivity index is 1.29. The molecule has 9 heteroatoms. The molecule has 1 N–H and O–H groups in total. The van der Waals surface area contributed by atoms with Crippen LogP contribution in [0.4, 0.5) is 0 Å². The van der Waals surface area contributed by atoms with Gasteiger partial charge in [0, 0.05) is 25.2 Å². The molecule has 0 spiro atoms. The Morgan fingerprint density at radius 3 is 2.66 bits per heavy atom. The molecule has 3 aromatic heterocycles. The first kappa shape index (κ1) is 20.1. The molecule has 3 heterocycles. The van der Waals surface area contributed by atoms with E-state index in [1.807, 2.05) is 72.4 Å². The topological polar surface area (TPSA) is 90.6 Å². The molecule has 160 valence electrons. The predicted molar refractivity (Wildman–Crippen MR) is 123 cm³/mol. The van der Waals surface area contributed by atoms with Gasteiger partial charge in [-0.25, -0.2) is 14.6 Å². The zero-order valence-corrected chi connectivity index (χ0v) is 18.1. The maximum absolute atomic E-state index is 12.5. The van der Waals surface area contributed by atoms with Gasteiger partial charge in [-0.05, 0) is 29.8 Å². The number of ether oxygens (including phenoxy) is 1. The Kier molecular flexibility index (Phi) is 5.47. The lowest BCUT2D eigenvalue weighted by molar-refractivity contribution is 0.292. The van der Waals surface area contributed by atoms with E-state index in [-0.39, 0.29) is 5.56 Å². The molecule has 0 amide bonds. The fourth-order valence-electron chi connectivity index (χ4n) is 3.24. The molecule has 0 aliphatic carbocycles. The van der Waals surface area contributed by atoms with Crippen LogP contribution >= 0.6 is 11.8 Å². The molecule has 5 rings (SSSR count). The van der Waals surface area contributed by atoms with E-state index in [2.05, 4.69) is 20.1 Å². The molecule has 0 aliphatic rings. The molecule has 0 unspecified atom stereocenters. The third kappa shape index (κ3) is 4.15. The van der Waals surface area contributed by atoms with Gasteiger partial charge in [-0.3, -0.25) is 4.79 Å². The van der Waals surface area contributed by atoms with E-state index in [0.29, 0.717) is 28.5 Å². The van der Waals surface area contributed by atoms with Gasteiger partial charge in [0.05, 0.1) is 11.9 Å². The van der Waals surface area contributed by atoms with Crippen LogP contribution in [0.5, 0.6) is 5.75 Å². The first-order valence-corrected chi connectivity index (χ1v) is 11.0. The van der Waals surface area contributed by atoms with E-state index < -0.39 is 0 Å². The lowest BCUT2D eigenvalue weighted by Crippen LogP contribution is -2.09. The fourth-order valence-corrected chi connectivity index (χ4v) is 4.05. The monoisotopic (exact) mass is 444 g/mol. The summed E-state index contributed by atoms with van der Waals surface area (Å²) >= 11 is 1.47. The van der Waals surface area contributed by atoms with Gasteiger partial charge in [-0.15, -0.1) is 0 Å². The summed E-state index contributed by atoms with van der Waals surface area (Å²) in [5.41, 5.74) is 2.30. The number of nitrogens with zero attached hydrogens (tertiary/aromatic N) is 5. The van der Waals surface area contributed by atoms with Crippen molar-refractivity contribution in [3.8, 4) is 11.4 Å². The standard InChI is InChI=1S/C23H20N6O2S/c1-28-12-11-24-20(28)14-31-18-9-7-16(8-10-18)15-32-23-26-21-19(22(30)27-23)13-25-29(21)17-5-3-2-4-6-17/h2-13H,14-15H2,1H3,(H,26,27,30). The van der Waals surface area contributed by atoms with Gasteiger partial charge >= 0.3 is 0 Å². The van der Waals surface area contributed by atoms with Crippen LogP contribution in [0.2, 0.25) is 0 Å². The second kappa shape index (κ2) is 8.72. The third-order valence-electron chi connectivity index (χ3n) is 5.00. The number of rotatable bonds is 7. The number of aromatic nitrogens is 6. The Morgan fingerprint density at radius 2 is 1.91 bits per heavy atom. The SMILES string of the molecule is Cn1ccnc1COc1ccc(CSc2nc3c(cnn3-c3ccccc3)c(=O)[nH]2)cc1. The molecule has 0 radical (unpaired) electrons. The van der Waals surface area contributed by atoms with Gasteiger partial charge in [0.2, 0.25) is 0 Å². The number of para-hydroxylation sites is 1. The first-order valence-electron chi connectivity index (χ1n) is 10.0. The smallest absolute Gasteiger partial charge is 0.262 e. The van der Waals surface area contributed by atoms with Gasteiger partial charge in [-0.2, -0.15) is 5.10 Å². The number of benzene rings is 2. The third-order valence-corrected chi connectivity index (χ3v) is 5.95. The number of thioether (sulfide) groups is 1. The molecule has 0 fully saturated rings. The highest BCUT2D eigenvalue weighted by atomic mass is 32.2. The minimum absolute atomic E-state index is 0.197. The number of aryl methyl sites for hydroxylation is 1. The minimum Gasteiger partial charge on any atom is -0.486 e. The summed E-state index contributed by atoms with van der Waals surface area (Å²) in [7, 11) is 1.94. The summed E-state index contributed by atoms with van der Waals surface area (Å²) in [5.74, 6) is 2.30. The molecule has 5 aromatic rings. The largest absolute Gasteiger partial charge is 0.486 e. The molecule has 8 nitrogen and oxygen atoms in total. The van der Waals surface area contributed by atoms with E-state index in [9.17, 15) is 4.79 Å². The number of H-pyrrole nitrogens is 1. The summed E-state index contributed by atoms with van der Waals surface area (Å²) in [6, 6.07) is 17.5. The lowest BCUT2D eigenvalue weighted by Gasteiger charge is -2.07. The molecule has 0 bridgehead atoms. The predicted octanol–water partition coefficient (Wildman–Crippen LogP) is 3.71. The summed E-state index contributed by atoms with van der Waals surface area (Å²) in [5, 5.41) is 5.36. The van der Waals surface area contributed by atoms with Gasteiger partial charge < -0.3 is 14.3 Å². The van der Waals surface area contributed by atoms with Crippen LogP contribution in [0.1, 0.15) is 11.4 Å². The van der Waals surface area contributed by atoms with Gasteiger partial charge in [-0.1, -0.05) is 42.1 Å². The van der Waals surface area contributed by atoms with E-state index in [0.717, 1.165) is 22.8 Å². The van der Waals surface area contributed by atoms with Crippen LogP contribution in [0.15, 0.2) is 83.1 Å². The van der Waals surface area contributed by atoms with Crippen LogP contribution in [-0.2, 0) is 19.4 Å². The number of hydrogen-bond acceptors (Lipinski definition) is 6. The highest BCUT2D eigenvalue weighted by Gasteiger charge is 2.12. The highest BCUT2D eigenvalue weighted by Crippen LogP contribution is 2.23. The number of aromatic amines is 1. The number of imidazole rings is 1. The average molecular weight is 445 g/mol. The lowest BCUT2D eigenvalue weighted by atomic mass is 10.2. The zero-order valence-electron chi connectivity index (χ0n) is 17.3. The van der Waals surface area contributed by atoms with E-state index in [1.54, 1.807) is 17.1 Å². The zero-order chi connectivity index (χ0) is 21.9. The molecule has 32 heavy (non-hydrogen) atoms. The Morgan fingerprint density at radius 1 is 1.09 bits per heavy atom. The molecule has 0 aliphatic heterocycles. The van der Waals surface area contributed by atoms with Crippen LogP contribution in [0, 0.1) is 0 Å². The van der Waals surface area contributed by atoms with Crippen molar-refractivity contribution in [3.05, 3.63) is 94.9 Å². The van der Waals surface area contributed by atoms with Crippen molar-refractivity contribution in [2.75, 3.05) is 0 Å². The van der Waals surface area contributed by atoms with Crippen LogP contribution in [0.25, 0.3) is 16.7 Å². The minimum atomic E-state index is -0.197. The molecule has 2 aromatic carbocycles. The van der Waals surface area contributed by atoms with E-state index in [1.165, 1.54) is 11.8 Å². The van der Waals surface area contributed by atoms with Gasteiger partial charge in [0.25, 0.3) is 5.56 Å². The maximum atomic E-state index is 12.5. The van der Waals surface area contributed by atoms with Crippen molar-refractivity contribution < 1.29 is 4.74 Å². The summed E-state index contributed by atoms with van der Waals surface area (Å²) in [6.07, 6.45) is 5.19. The van der Waals surface area contributed by atoms with Gasteiger partial charge in [0.1, 0.15) is 23.6 Å². The Bertz CT molecular complexity index is 1410. The molecular formula is C23H20N6O2S. The van der Waals surface area contributed by atoms with E-state index >= 15 is 0 Å². The molecule has 0 saturated carbocycles. The molecular weight excluding hydrogens is 424 g/mol. The van der Waals surface area contributed by atoms with Crippen LogP contribution in [0.3, 0.4) is 0 Å². The average Bonchev–Trinajstić information content (AvgIpc) is 3.44. The summed E-state index contributed by atoms with van der Waals surface area (Å²) < 4.78 is 9.41. The van der Waals surface area contributed by atoms with Crippen molar-refractivity contribution in [2.24, 2.45) is 7.05 Å². The second-order valence-electron chi connectivity index (χ2n) is 7.18. The Hall–Kier alpha value is -3.85. The summed E-state index contributed by atoms with van der Waals surface area (Å²) in [4.78, 5) is 24.3. The maximum Gasteiger partial charge on any atom is 0.262 e. The van der Waals surface area contributed by atoms with E-state index in [4.69, 9.17) is 4.74 Å². The highest BCUT2D eigenvalue weighted by molar-refractivity contribution is 7.98. The van der Waals surface area contributed by atoms with Crippen molar-refractivity contribution in [1.82, 2.24) is 29.3 Å². The number of hydrogen-bond donors (Lipinski definition) is 1. The number of fused-ring (bicyclic) bond motifs is 1. The normalized spacial score (nSPS) is 11.2. The Labute approximate surface area is 187 Å². The van der Waals surface area contributed by atoms with Crippen LogP contribution in [-0.4, -0.2) is 29.3 Å². The second-order valence-corrected chi connectivity index (χ2v) is 8.14. The van der Waals surface area contributed by atoms with Crippen molar-refractivity contribution in [3.63, 3.8) is 0 Å². The molecule has 0 atom stereocenters. The quantitative estimate of drug-likeness (QED) is 0.304. The van der Waals surface area contributed by atoms with Crippen molar-refractivity contribution in [1.29, 1.82) is 0 Å². The molecule has 0 saturated heterocycles. The van der Waals surface area contributed by atoms with Crippen molar-refractivity contribution in [2.45, 2.75) is 17.5 Å².